The highest BCUT2D eigenvalue weighted by Crippen LogP contribution is 2.27. The van der Waals surface area contributed by atoms with Gasteiger partial charge >= 0.3 is 5.97 Å². The van der Waals surface area contributed by atoms with Gasteiger partial charge in [-0.15, -0.1) is 0 Å². The van der Waals surface area contributed by atoms with Crippen molar-refractivity contribution in [2.45, 2.75) is 51.5 Å². The van der Waals surface area contributed by atoms with Crippen LogP contribution in [-0.4, -0.2) is 59.9 Å². The zero-order chi connectivity index (χ0) is 15.2. The Balaban J connectivity index is 1.91. The summed E-state index contributed by atoms with van der Waals surface area (Å²) in [7, 11) is 0. The zero-order valence-electron chi connectivity index (χ0n) is 12.7. The molecule has 0 radical (unpaired) electrons. The van der Waals surface area contributed by atoms with Crippen LogP contribution in [0.15, 0.2) is 0 Å². The molecule has 21 heavy (non-hydrogen) atoms. The number of carbonyl (C=O) groups is 3. The number of likely N-dealkylation sites (tertiary alicyclic amines) is 1. The Bertz CT molecular complexity index is 406. The van der Waals surface area contributed by atoms with Gasteiger partial charge in [-0.1, -0.05) is 6.42 Å². The van der Waals surface area contributed by atoms with Crippen LogP contribution in [0.2, 0.25) is 0 Å². The van der Waals surface area contributed by atoms with E-state index in [1.165, 1.54) is 0 Å². The minimum atomic E-state index is -0.375. The van der Waals surface area contributed by atoms with Gasteiger partial charge in [0.25, 0.3) is 0 Å². The fraction of sp³-hybridized carbons (Fsp3) is 0.800. The van der Waals surface area contributed by atoms with E-state index >= 15 is 0 Å². The number of hydrogen-bond acceptors (Lipinski definition) is 4. The standard InChI is InChI=1S/C15H24N2O4/c1-2-21-15(20)11-17(12-7-8-12)14(19)10-16-9-5-3-4-6-13(16)18/h12H,2-11H2,1H3. The average Bonchev–Trinajstić information content (AvgIpc) is 3.27. The van der Waals surface area contributed by atoms with E-state index in [0.717, 1.165) is 32.1 Å². The first-order chi connectivity index (χ1) is 10.1. The largest absolute Gasteiger partial charge is 0.465 e. The summed E-state index contributed by atoms with van der Waals surface area (Å²) in [5.41, 5.74) is 0. The number of hydrogen-bond donors (Lipinski definition) is 0. The second kappa shape index (κ2) is 7.43. The maximum absolute atomic E-state index is 12.4. The highest BCUT2D eigenvalue weighted by molar-refractivity contribution is 5.87. The zero-order valence-corrected chi connectivity index (χ0v) is 12.7. The van der Waals surface area contributed by atoms with Gasteiger partial charge in [0, 0.05) is 19.0 Å². The Hall–Kier alpha value is -1.59. The highest BCUT2D eigenvalue weighted by atomic mass is 16.5. The molecule has 1 saturated heterocycles. The molecule has 1 heterocycles. The summed E-state index contributed by atoms with van der Waals surface area (Å²) >= 11 is 0. The molecule has 0 unspecified atom stereocenters. The van der Waals surface area contributed by atoms with Crippen molar-refractivity contribution in [3.63, 3.8) is 0 Å². The van der Waals surface area contributed by atoms with Crippen LogP contribution in [0.5, 0.6) is 0 Å². The van der Waals surface area contributed by atoms with Crippen molar-refractivity contribution < 1.29 is 19.1 Å². The lowest BCUT2D eigenvalue weighted by atomic mass is 10.2. The first kappa shape index (κ1) is 15.8. The average molecular weight is 296 g/mol. The molecule has 6 heteroatoms. The Labute approximate surface area is 125 Å². The molecular formula is C15H24N2O4. The monoisotopic (exact) mass is 296 g/mol. The Morgan fingerprint density at radius 2 is 2.05 bits per heavy atom. The molecule has 0 aromatic rings. The second-order valence-electron chi connectivity index (χ2n) is 5.68. The van der Waals surface area contributed by atoms with Gasteiger partial charge < -0.3 is 14.5 Å². The third-order valence-electron chi connectivity index (χ3n) is 3.91. The molecule has 0 N–H and O–H groups in total. The van der Waals surface area contributed by atoms with Crippen molar-refractivity contribution in [2.75, 3.05) is 26.2 Å². The molecule has 1 aliphatic carbocycles. The summed E-state index contributed by atoms with van der Waals surface area (Å²) in [5.74, 6) is -0.464. The predicted octanol–water partition coefficient (Wildman–Crippen LogP) is 0.943. The molecule has 0 atom stereocenters. The number of nitrogens with zero attached hydrogens (tertiary/aromatic N) is 2. The Morgan fingerprint density at radius 3 is 2.71 bits per heavy atom. The predicted molar refractivity (Wildman–Crippen MR) is 76.4 cm³/mol. The smallest absolute Gasteiger partial charge is 0.325 e. The molecule has 2 aliphatic rings. The molecule has 0 aromatic heterocycles. The van der Waals surface area contributed by atoms with Crippen molar-refractivity contribution >= 4 is 17.8 Å². The lowest BCUT2D eigenvalue weighted by molar-refractivity contribution is -0.150. The number of ether oxygens (including phenoxy) is 1. The summed E-state index contributed by atoms with van der Waals surface area (Å²) in [5, 5.41) is 0. The van der Waals surface area contributed by atoms with Crippen LogP contribution < -0.4 is 0 Å². The molecule has 2 fully saturated rings. The topological polar surface area (TPSA) is 66.9 Å². The third kappa shape index (κ3) is 4.72. The molecule has 118 valence electrons. The van der Waals surface area contributed by atoms with Gasteiger partial charge in [-0.3, -0.25) is 14.4 Å². The summed E-state index contributed by atoms with van der Waals surface area (Å²) in [6.45, 7) is 2.80. The molecule has 0 bridgehead atoms. The highest BCUT2D eigenvalue weighted by Gasteiger charge is 2.35. The molecule has 1 aliphatic heterocycles. The summed E-state index contributed by atoms with van der Waals surface area (Å²) in [6.07, 6.45) is 5.26. The molecule has 1 saturated carbocycles. The molecule has 2 rings (SSSR count). The minimum absolute atomic E-state index is 0.000625. The molecular weight excluding hydrogens is 272 g/mol. The summed E-state index contributed by atoms with van der Waals surface area (Å²) in [4.78, 5) is 39.2. The van der Waals surface area contributed by atoms with Gasteiger partial charge in [0.2, 0.25) is 11.8 Å². The second-order valence-corrected chi connectivity index (χ2v) is 5.68. The van der Waals surface area contributed by atoms with Crippen molar-refractivity contribution in [3.05, 3.63) is 0 Å². The van der Waals surface area contributed by atoms with E-state index in [0.29, 0.717) is 19.6 Å². The van der Waals surface area contributed by atoms with Crippen LogP contribution >= 0.6 is 0 Å². The van der Waals surface area contributed by atoms with Crippen molar-refractivity contribution in [3.8, 4) is 0 Å². The number of amides is 2. The third-order valence-corrected chi connectivity index (χ3v) is 3.91. The first-order valence-electron chi connectivity index (χ1n) is 7.84. The van der Waals surface area contributed by atoms with Crippen molar-refractivity contribution in [1.29, 1.82) is 0 Å². The number of rotatable bonds is 6. The summed E-state index contributed by atoms with van der Waals surface area (Å²) < 4.78 is 4.92. The SMILES string of the molecule is CCOC(=O)CN(C(=O)CN1CCCCCC1=O)C1CC1. The van der Waals surface area contributed by atoms with E-state index in [2.05, 4.69) is 0 Å². The van der Waals surface area contributed by atoms with Crippen molar-refractivity contribution in [1.82, 2.24) is 9.80 Å². The van der Waals surface area contributed by atoms with Gasteiger partial charge in [-0.25, -0.2) is 0 Å². The first-order valence-corrected chi connectivity index (χ1v) is 7.84. The lowest BCUT2D eigenvalue weighted by Gasteiger charge is -2.26. The fourth-order valence-electron chi connectivity index (χ4n) is 2.61. The van der Waals surface area contributed by atoms with E-state index in [1.54, 1.807) is 16.7 Å². The normalized spacial score (nSPS) is 19.1. The fourth-order valence-corrected chi connectivity index (χ4v) is 2.61. The van der Waals surface area contributed by atoms with Crippen LogP contribution in [0.3, 0.4) is 0 Å². The van der Waals surface area contributed by atoms with E-state index in [9.17, 15) is 14.4 Å². The molecule has 2 amide bonds. The van der Waals surface area contributed by atoms with E-state index in [-0.39, 0.29) is 36.9 Å². The molecule has 0 aromatic carbocycles. The van der Waals surface area contributed by atoms with Crippen LogP contribution in [0, 0.1) is 0 Å². The van der Waals surface area contributed by atoms with Crippen molar-refractivity contribution in [2.24, 2.45) is 0 Å². The van der Waals surface area contributed by atoms with Gasteiger partial charge in [-0.2, -0.15) is 0 Å². The maximum atomic E-state index is 12.4. The number of carbonyl (C=O) groups excluding carboxylic acids is 3. The van der Waals surface area contributed by atoms with E-state index < -0.39 is 0 Å². The number of esters is 1. The quantitative estimate of drug-likeness (QED) is 0.684. The van der Waals surface area contributed by atoms with Gasteiger partial charge in [-0.05, 0) is 32.6 Å². The van der Waals surface area contributed by atoms with E-state index in [4.69, 9.17) is 4.74 Å². The lowest BCUT2D eigenvalue weighted by Crippen LogP contribution is -2.45. The maximum Gasteiger partial charge on any atom is 0.325 e. The van der Waals surface area contributed by atoms with E-state index in [1.807, 2.05) is 0 Å². The minimum Gasteiger partial charge on any atom is -0.465 e. The van der Waals surface area contributed by atoms with Gasteiger partial charge in [0.15, 0.2) is 0 Å². The molecule has 6 nitrogen and oxygen atoms in total. The van der Waals surface area contributed by atoms with Crippen LogP contribution in [-0.2, 0) is 19.1 Å². The molecule has 0 spiro atoms. The van der Waals surface area contributed by atoms with Gasteiger partial charge in [0.1, 0.15) is 6.54 Å². The van der Waals surface area contributed by atoms with Crippen LogP contribution in [0.25, 0.3) is 0 Å². The Morgan fingerprint density at radius 1 is 1.29 bits per heavy atom. The van der Waals surface area contributed by atoms with Crippen LogP contribution in [0.1, 0.15) is 45.4 Å². The summed E-state index contributed by atoms with van der Waals surface area (Å²) in [6, 6.07) is 0.143. The van der Waals surface area contributed by atoms with Crippen LogP contribution in [0.4, 0.5) is 0 Å². The Kier molecular flexibility index (Phi) is 5.59. The van der Waals surface area contributed by atoms with Gasteiger partial charge in [0.05, 0.1) is 13.2 Å².